The molecule has 0 aliphatic heterocycles. The molecule has 1 unspecified atom stereocenters. The predicted molar refractivity (Wildman–Crippen MR) is 110 cm³/mol. The van der Waals surface area contributed by atoms with Gasteiger partial charge in [0.15, 0.2) is 0 Å². The summed E-state index contributed by atoms with van der Waals surface area (Å²) >= 11 is 0. The van der Waals surface area contributed by atoms with Crippen molar-refractivity contribution in [3.8, 4) is 0 Å². The molecule has 0 radical (unpaired) electrons. The number of rotatable bonds is 12. The molecule has 31 heavy (non-hydrogen) atoms. The molecule has 0 aliphatic rings. The lowest BCUT2D eigenvalue weighted by Gasteiger charge is -2.18. The predicted octanol–water partition coefficient (Wildman–Crippen LogP) is 3.12. The number of para-hydroxylation sites is 1. The number of hydrogen-bond acceptors (Lipinski definition) is 10. The van der Waals surface area contributed by atoms with Crippen molar-refractivity contribution in [3.63, 3.8) is 0 Å². The standard InChI is InChI=1S/C19H27N2O9P/c1-15(22)26-13-29-31(24,30-14-27-19(23)25-4)28-12-21-11-16(9-10-20(2)3)17-7-5-6-8-18(17)21/h5-8,11H,9-10,12-14H2,1-4H3. The average Bonchev–Trinajstić information content (AvgIpc) is 3.08. The van der Waals surface area contributed by atoms with Crippen molar-refractivity contribution in [2.75, 3.05) is 41.3 Å². The largest absolute Gasteiger partial charge is 0.510 e. The van der Waals surface area contributed by atoms with Gasteiger partial charge in [-0.1, -0.05) is 18.2 Å². The van der Waals surface area contributed by atoms with Gasteiger partial charge >= 0.3 is 19.9 Å². The third kappa shape index (κ3) is 7.97. The van der Waals surface area contributed by atoms with Gasteiger partial charge in [0.25, 0.3) is 0 Å². The van der Waals surface area contributed by atoms with Crippen LogP contribution in [0.4, 0.5) is 4.79 Å². The third-order valence-corrected chi connectivity index (χ3v) is 5.36. The van der Waals surface area contributed by atoms with Gasteiger partial charge in [0.2, 0.25) is 13.6 Å². The first-order chi connectivity index (χ1) is 14.7. The average molecular weight is 458 g/mol. The van der Waals surface area contributed by atoms with E-state index in [1.807, 2.05) is 44.6 Å². The second-order valence-electron chi connectivity index (χ2n) is 6.63. The number of carbonyl (C=O) groups excluding carboxylic acids is 2. The van der Waals surface area contributed by atoms with E-state index >= 15 is 0 Å². The molecular weight excluding hydrogens is 431 g/mol. The zero-order valence-corrected chi connectivity index (χ0v) is 18.8. The molecule has 0 saturated heterocycles. The summed E-state index contributed by atoms with van der Waals surface area (Å²) in [5.74, 6) is -0.640. The van der Waals surface area contributed by atoms with Gasteiger partial charge in [0.1, 0.15) is 6.73 Å². The van der Waals surface area contributed by atoms with Crippen LogP contribution in [0.15, 0.2) is 30.5 Å². The Morgan fingerprint density at radius 2 is 1.74 bits per heavy atom. The number of methoxy groups -OCH3 is 1. The number of benzene rings is 1. The number of likely N-dealkylation sites (N-methyl/N-ethyl adjacent to an activating group) is 1. The fraction of sp³-hybridized carbons (Fsp3) is 0.474. The van der Waals surface area contributed by atoms with E-state index in [0.29, 0.717) is 0 Å². The summed E-state index contributed by atoms with van der Waals surface area (Å²) in [6.45, 7) is 0.429. The van der Waals surface area contributed by atoms with Crippen LogP contribution < -0.4 is 0 Å². The number of carbonyl (C=O) groups is 2. The molecule has 172 valence electrons. The Hall–Kier alpha value is -2.43. The van der Waals surface area contributed by atoms with Crippen molar-refractivity contribution in [3.05, 3.63) is 36.0 Å². The summed E-state index contributed by atoms with van der Waals surface area (Å²) < 4.78 is 43.5. The van der Waals surface area contributed by atoms with Gasteiger partial charge < -0.3 is 23.7 Å². The first-order valence-electron chi connectivity index (χ1n) is 9.33. The minimum atomic E-state index is -4.25. The first kappa shape index (κ1) is 24.8. The van der Waals surface area contributed by atoms with Crippen molar-refractivity contribution in [1.82, 2.24) is 9.47 Å². The maximum atomic E-state index is 12.9. The molecule has 0 amide bonds. The smallest absolute Gasteiger partial charge is 0.438 e. The lowest BCUT2D eigenvalue weighted by Crippen LogP contribution is -2.14. The van der Waals surface area contributed by atoms with E-state index in [0.717, 1.165) is 43.5 Å². The summed E-state index contributed by atoms with van der Waals surface area (Å²) in [7, 11) is 0.851. The molecule has 1 atom stereocenters. The van der Waals surface area contributed by atoms with E-state index in [2.05, 4.69) is 19.1 Å². The van der Waals surface area contributed by atoms with Crippen LogP contribution in [-0.2, 0) is 50.3 Å². The Morgan fingerprint density at radius 3 is 2.39 bits per heavy atom. The maximum absolute atomic E-state index is 12.9. The molecule has 2 rings (SSSR count). The molecule has 0 fully saturated rings. The fourth-order valence-electron chi connectivity index (χ4n) is 2.59. The van der Waals surface area contributed by atoms with Crippen molar-refractivity contribution >= 4 is 30.9 Å². The van der Waals surface area contributed by atoms with Crippen LogP contribution in [0.25, 0.3) is 10.9 Å². The van der Waals surface area contributed by atoms with Gasteiger partial charge in [0.05, 0.1) is 12.6 Å². The van der Waals surface area contributed by atoms with Gasteiger partial charge in [-0.15, -0.1) is 0 Å². The van der Waals surface area contributed by atoms with Crippen LogP contribution in [0.1, 0.15) is 12.5 Å². The summed E-state index contributed by atoms with van der Waals surface area (Å²) in [4.78, 5) is 24.1. The van der Waals surface area contributed by atoms with Crippen LogP contribution >= 0.6 is 7.82 Å². The number of ether oxygens (including phenoxy) is 3. The number of phosphoric ester groups is 1. The van der Waals surface area contributed by atoms with E-state index in [-0.39, 0.29) is 6.73 Å². The summed E-state index contributed by atoms with van der Waals surface area (Å²) in [6, 6.07) is 7.72. The van der Waals surface area contributed by atoms with Crippen molar-refractivity contribution in [1.29, 1.82) is 0 Å². The van der Waals surface area contributed by atoms with E-state index in [9.17, 15) is 14.2 Å². The highest BCUT2D eigenvalue weighted by Gasteiger charge is 2.29. The fourth-order valence-corrected chi connectivity index (χ4v) is 3.44. The molecule has 0 saturated carbocycles. The Kier molecular flexibility index (Phi) is 9.47. The molecule has 1 aromatic carbocycles. The molecule has 1 heterocycles. The molecule has 0 spiro atoms. The van der Waals surface area contributed by atoms with Crippen LogP contribution in [-0.4, -0.2) is 62.9 Å². The highest BCUT2D eigenvalue weighted by molar-refractivity contribution is 7.48. The summed E-state index contributed by atoms with van der Waals surface area (Å²) in [6.07, 6.45) is 1.67. The minimum absolute atomic E-state index is 0.182. The molecule has 0 bridgehead atoms. The lowest BCUT2D eigenvalue weighted by molar-refractivity contribution is -0.148. The topological polar surface area (TPSA) is 115 Å². The highest BCUT2D eigenvalue weighted by atomic mass is 31.2. The number of esters is 1. The van der Waals surface area contributed by atoms with E-state index in [1.54, 1.807) is 4.57 Å². The molecule has 11 nitrogen and oxygen atoms in total. The molecule has 12 heteroatoms. The van der Waals surface area contributed by atoms with E-state index in [4.69, 9.17) is 13.6 Å². The van der Waals surface area contributed by atoms with Crippen LogP contribution in [0.5, 0.6) is 0 Å². The molecule has 0 N–H and O–H groups in total. The van der Waals surface area contributed by atoms with Gasteiger partial charge in [-0.3, -0.25) is 9.32 Å². The molecule has 0 aliphatic carbocycles. The number of phosphoric acid groups is 1. The SMILES string of the molecule is COC(=O)OCOP(=O)(OCOC(C)=O)OCn1cc(CCN(C)C)c2ccccc21. The summed E-state index contributed by atoms with van der Waals surface area (Å²) in [5.41, 5.74) is 1.96. The zero-order valence-electron chi connectivity index (χ0n) is 17.9. The summed E-state index contributed by atoms with van der Waals surface area (Å²) in [5, 5.41) is 1.04. The van der Waals surface area contributed by atoms with Gasteiger partial charge in [-0.05, 0) is 32.1 Å². The molecular formula is C19H27N2O9P. The molecule has 2 aromatic rings. The second-order valence-corrected chi connectivity index (χ2v) is 8.30. The zero-order chi connectivity index (χ0) is 22.9. The number of nitrogens with zero attached hydrogens (tertiary/aromatic N) is 2. The van der Waals surface area contributed by atoms with Crippen molar-refractivity contribution in [2.24, 2.45) is 0 Å². The van der Waals surface area contributed by atoms with E-state index in [1.165, 1.54) is 0 Å². The van der Waals surface area contributed by atoms with Crippen LogP contribution in [0.2, 0.25) is 0 Å². The quantitative estimate of drug-likeness (QED) is 0.267. The maximum Gasteiger partial charge on any atom is 0.510 e. The number of hydrogen-bond donors (Lipinski definition) is 0. The minimum Gasteiger partial charge on any atom is -0.438 e. The molecule has 1 aromatic heterocycles. The monoisotopic (exact) mass is 458 g/mol. The number of aromatic nitrogens is 1. The first-order valence-corrected chi connectivity index (χ1v) is 10.8. The van der Waals surface area contributed by atoms with Gasteiger partial charge in [-0.2, -0.15) is 0 Å². The number of fused-ring (bicyclic) bond motifs is 1. The van der Waals surface area contributed by atoms with Crippen molar-refractivity contribution in [2.45, 2.75) is 20.1 Å². The normalized spacial score (nSPS) is 13.2. The second kappa shape index (κ2) is 11.8. The van der Waals surface area contributed by atoms with Gasteiger partial charge in [-0.25, -0.2) is 18.4 Å². The van der Waals surface area contributed by atoms with Crippen LogP contribution in [0, 0.1) is 0 Å². The third-order valence-electron chi connectivity index (χ3n) is 4.08. The lowest BCUT2D eigenvalue weighted by atomic mass is 10.1. The van der Waals surface area contributed by atoms with E-state index < -0.39 is 33.5 Å². The Balaban J connectivity index is 2.13. The van der Waals surface area contributed by atoms with Crippen molar-refractivity contribution < 1.29 is 41.9 Å². The Bertz CT molecular complexity index is 928. The Labute approximate surface area is 180 Å². The van der Waals surface area contributed by atoms with Gasteiger partial charge in [0, 0.05) is 25.1 Å². The van der Waals surface area contributed by atoms with Crippen LogP contribution in [0.3, 0.4) is 0 Å². The Morgan fingerprint density at radius 1 is 1.06 bits per heavy atom. The highest BCUT2D eigenvalue weighted by Crippen LogP contribution is 2.50.